The number of ether oxygens (including phenoxy) is 1. The van der Waals surface area contributed by atoms with E-state index in [4.69, 9.17) is 16.3 Å². The summed E-state index contributed by atoms with van der Waals surface area (Å²) in [5.74, 6) is 0.532. The largest absolute Gasteiger partial charge is 0.445 e. The SMILES string of the molecule is O=C(NC1CCCc2cc(-c3cccc(Cl)c3)ccc21)O[C@H]1CN2CCC1CC2. The van der Waals surface area contributed by atoms with Crippen LogP contribution in [0.2, 0.25) is 5.02 Å². The van der Waals surface area contributed by atoms with Gasteiger partial charge in [-0.3, -0.25) is 4.90 Å². The minimum absolute atomic E-state index is 0.0285. The third-order valence-electron chi connectivity index (χ3n) is 6.76. The van der Waals surface area contributed by atoms with Crippen molar-refractivity contribution in [2.45, 2.75) is 44.2 Å². The number of alkyl carbamates (subject to hydrolysis) is 1. The van der Waals surface area contributed by atoms with Crippen LogP contribution < -0.4 is 5.32 Å². The molecule has 0 aromatic heterocycles. The topological polar surface area (TPSA) is 41.6 Å². The van der Waals surface area contributed by atoms with Gasteiger partial charge in [0.15, 0.2) is 0 Å². The Bertz CT molecular complexity index is 908. The molecule has 1 unspecified atom stereocenters. The fraction of sp³-hybridized carbons (Fsp3) is 0.458. The van der Waals surface area contributed by atoms with Crippen molar-refractivity contribution in [1.82, 2.24) is 10.2 Å². The predicted molar refractivity (Wildman–Crippen MR) is 115 cm³/mol. The van der Waals surface area contributed by atoms with Crippen molar-refractivity contribution in [3.63, 3.8) is 0 Å². The van der Waals surface area contributed by atoms with Gasteiger partial charge in [0.2, 0.25) is 0 Å². The maximum Gasteiger partial charge on any atom is 0.407 e. The summed E-state index contributed by atoms with van der Waals surface area (Å²) in [5.41, 5.74) is 4.81. The second-order valence-electron chi connectivity index (χ2n) is 8.59. The number of hydrogen-bond donors (Lipinski definition) is 1. The Labute approximate surface area is 177 Å². The second-order valence-corrected chi connectivity index (χ2v) is 9.03. The molecule has 6 rings (SSSR count). The first kappa shape index (κ1) is 19.0. The average molecular weight is 411 g/mol. The first-order chi connectivity index (χ1) is 14.2. The summed E-state index contributed by atoms with van der Waals surface area (Å²) in [6.45, 7) is 3.19. The van der Waals surface area contributed by atoms with E-state index in [2.05, 4.69) is 34.5 Å². The summed E-state index contributed by atoms with van der Waals surface area (Å²) in [5, 5.41) is 3.90. The number of carbonyl (C=O) groups is 1. The monoisotopic (exact) mass is 410 g/mol. The molecule has 3 heterocycles. The predicted octanol–water partition coefficient (Wildman–Crippen LogP) is 5.20. The molecule has 152 valence electrons. The molecule has 3 fully saturated rings. The van der Waals surface area contributed by atoms with Gasteiger partial charge in [-0.1, -0.05) is 41.9 Å². The lowest BCUT2D eigenvalue weighted by Crippen LogP contribution is -2.52. The van der Waals surface area contributed by atoms with Crippen LogP contribution in [0.5, 0.6) is 0 Å². The molecule has 2 atom stereocenters. The number of hydrogen-bond acceptors (Lipinski definition) is 3. The molecular weight excluding hydrogens is 384 g/mol. The van der Waals surface area contributed by atoms with Crippen LogP contribution in [-0.4, -0.2) is 36.7 Å². The van der Waals surface area contributed by atoms with E-state index in [9.17, 15) is 4.79 Å². The molecule has 5 heteroatoms. The molecule has 4 aliphatic rings. The van der Waals surface area contributed by atoms with E-state index >= 15 is 0 Å². The first-order valence-electron chi connectivity index (χ1n) is 10.7. The second kappa shape index (κ2) is 8.00. The number of fused-ring (bicyclic) bond motifs is 4. The Morgan fingerprint density at radius 2 is 1.90 bits per heavy atom. The highest BCUT2D eigenvalue weighted by molar-refractivity contribution is 6.30. The van der Waals surface area contributed by atoms with Gasteiger partial charge in [0.25, 0.3) is 0 Å². The number of benzene rings is 2. The minimum Gasteiger partial charge on any atom is -0.445 e. The zero-order valence-electron chi connectivity index (χ0n) is 16.6. The minimum atomic E-state index is -0.263. The highest BCUT2D eigenvalue weighted by atomic mass is 35.5. The van der Waals surface area contributed by atoms with Gasteiger partial charge in [0.1, 0.15) is 6.10 Å². The maximum atomic E-state index is 12.6. The molecule has 2 aromatic rings. The molecule has 3 aliphatic heterocycles. The van der Waals surface area contributed by atoms with Gasteiger partial charge in [0.05, 0.1) is 6.04 Å². The van der Waals surface area contributed by atoms with Crippen LogP contribution in [0, 0.1) is 5.92 Å². The lowest BCUT2D eigenvalue weighted by molar-refractivity contribution is -0.0340. The summed E-state index contributed by atoms with van der Waals surface area (Å²) < 4.78 is 5.84. The summed E-state index contributed by atoms with van der Waals surface area (Å²) in [4.78, 5) is 15.0. The Hall–Kier alpha value is -2.04. The van der Waals surface area contributed by atoms with Crippen molar-refractivity contribution in [1.29, 1.82) is 0 Å². The lowest BCUT2D eigenvalue weighted by atomic mass is 9.85. The molecule has 3 saturated heterocycles. The van der Waals surface area contributed by atoms with Gasteiger partial charge in [-0.2, -0.15) is 0 Å². The van der Waals surface area contributed by atoms with Crippen molar-refractivity contribution in [3.8, 4) is 11.1 Å². The summed E-state index contributed by atoms with van der Waals surface area (Å²) in [6, 6.07) is 14.5. The molecule has 1 N–H and O–H groups in total. The van der Waals surface area contributed by atoms with Gasteiger partial charge in [0, 0.05) is 11.6 Å². The van der Waals surface area contributed by atoms with Crippen molar-refractivity contribution >= 4 is 17.7 Å². The fourth-order valence-corrected chi connectivity index (χ4v) is 5.36. The van der Waals surface area contributed by atoms with Crippen LogP contribution in [0.1, 0.15) is 42.9 Å². The molecule has 1 aliphatic carbocycles. The normalized spacial score (nSPS) is 27.9. The average Bonchev–Trinajstić information content (AvgIpc) is 2.74. The van der Waals surface area contributed by atoms with Crippen LogP contribution in [-0.2, 0) is 11.2 Å². The lowest BCUT2D eigenvalue weighted by Gasteiger charge is -2.44. The zero-order valence-corrected chi connectivity index (χ0v) is 17.3. The van der Waals surface area contributed by atoms with Crippen LogP contribution in [0.15, 0.2) is 42.5 Å². The van der Waals surface area contributed by atoms with Gasteiger partial charge in [-0.05, 0) is 85.5 Å². The molecule has 2 bridgehead atoms. The van der Waals surface area contributed by atoms with Crippen molar-refractivity contribution in [3.05, 3.63) is 58.6 Å². The number of nitrogens with zero attached hydrogens (tertiary/aromatic N) is 1. The van der Waals surface area contributed by atoms with E-state index < -0.39 is 0 Å². The Kier molecular flexibility index (Phi) is 5.23. The highest BCUT2D eigenvalue weighted by Crippen LogP contribution is 2.34. The van der Waals surface area contributed by atoms with Crippen molar-refractivity contribution in [2.24, 2.45) is 5.92 Å². The van der Waals surface area contributed by atoms with Gasteiger partial charge in [-0.25, -0.2) is 4.79 Å². The number of halogens is 1. The number of rotatable bonds is 3. The molecule has 1 amide bonds. The molecule has 0 saturated carbocycles. The third kappa shape index (κ3) is 4.01. The van der Waals surface area contributed by atoms with E-state index in [-0.39, 0.29) is 18.2 Å². The number of amides is 1. The first-order valence-corrected chi connectivity index (χ1v) is 11.1. The number of carbonyl (C=O) groups excluding carboxylic acids is 1. The Morgan fingerprint density at radius 3 is 2.66 bits per heavy atom. The van der Waals surface area contributed by atoms with Crippen LogP contribution in [0.4, 0.5) is 4.79 Å². The molecule has 2 aromatic carbocycles. The van der Waals surface area contributed by atoms with Gasteiger partial charge < -0.3 is 10.1 Å². The van der Waals surface area contributed by atoms with E-state index in [1.165, 1.54) is 16.7 Å². The zero-order chi connectivity index (χ0) is 19.8. The van der Waals surface area contributed by atoms with Crippen LogP contribution in [0.3, 0.4) is 0 Å². The quantitative estimate of drug-likeness (QED) is 0.755. The van der Waals surface area contributed by atoms with Crippen molar-refractivity contribution < 1.29 is 9.53 Å². The standard InChI is InChI=1S/C24H27ClN2O2/c25-20-5-1-3-17(14-20)18-7-8-21-19(13-18)4-2-6-22(21)26-24(28)29-23-15-27-11-9-16(23)10-12-27/h1,3,5,7-8,13-14,16,22-23H,2,4,6,9-12,15H2,(H,26,28)/t22?,23-/m0/s1. The highest BCUT2D eigenvalue weighted by Gasteiger charge is 2.37. The smallest absolute Gasteiger partial charge is 0.407 e. The van der Waals surface area contributed by atoms with E-state index in [0.29, 0.717) is 5.92 Å². The van der Waals surface area contributed by atoms with Gasteiger partial charge >= 0.3 is 6.09 Å². The fourth-order valence-electron chi connectivity index (χ4n) is 5.17. The summed E-state index contributed by atoms with van der Waals surface area (Å²) in [7, 11) is 0. The van der Waals surface area contributed by atoms with E-state index in [1.54, 1.807) is 0 Å². The number of nitrogens with one attached hydrogen (secondary N) is 1. The third-order valence-corrected chi connectivity index (χ3v) is 7.00. The Balaban J connectivity index is 1.28. The van der Waals surface area contributed by atoms with Crippen molar-refractivity contribution in [2.75, 3.05) is 19.6 Å². The maximum absolute atomic E-state index is 12.6. The Morgan fingerprint density at radius 1 is 1.07 bits per heavy atom. The van der Waals surface area contributed by atoms with Crippen LogP contribution in [0.25, 0.3) is 11.1 Å². The number of piperidine rings is 3. The molecule has 0 spiro atoms. The molecule has 0 radical (unpaired) electrons. The molecule has 29 heavy (non-hydrogen) atoms. The van der Waals surface area contributed by atoms with Gasteiger partial charge in [-0.15, -0.1) is 0 Å². The summed E-state index contributed by atoms with van der Waals surface area (Å²) >= 11 is 6.16. The molecular formula is C24H27ClN2O2. The van der Waals surface area contributed by atoms with Crippen LogP contribution >= 0.6 is 11.6 Å². The van der Waals surface area contributed by atoms with E-state index in [1.807, 2.05) is 18.2 Å². The van der Waals surface area contributed by atoms with E-state index in [0.717, 1.165) is 62.3 Å². The molecule has 4 nitrogen and oxygen atoms in total. The number of aryl methyl sites for hydroxylation is 1. The summed E-state index contributed by atoms with van der Waals surface area (Å²) in [6.07, 6.45) is 5.14.